The van der Waals surface area contributed by atoms with Gasteiger partial charge in [-0.1, -0.05) is 12.1 Å². The molecule has 1 atom stereocenters. The Kier molecular flexibility index (Phi) is 6.82. The average Bonchev–Trinajstić information content (AvgIpc) is 3.17. The number of benzene rings is 1. The van der Waals surface area contributed by atoms with Crippen molar-refractivity contribution in [1.82, 2.24) is 24.0 Å². The highest BCUT2D eigenvalue weighted by Gasteiger charge is 2.26. The molecule has 0 spiro atoms. The molecule has 1 aromatic carbocycles. The molecule has 0 aliphatic carbocycles. The fourth-order valence-electron chi connectivity index (χ4n) is 4.11. The van der Waals surface area contributed by atoms with Gasteiger partial charge in [0.25, 0.3) is 5.56 Å². The van der Waals surface area contributed by atoms with E-state index < -0.39 is 17.4 Å². The number of rotatable bonds is 8. The first-order chi connectivity index (χ1) is 15.9. The number of H-pyrrole nitrogens is 1. The molecule has 3 aromatic rings. The lowest BCUT2D eigenvalue weighted by atomic mass is 10.2. The van der Waals surface area contributed by atoms with E-state index in [1.807, 2.05) is 36.1 Å². The summed E-state index contributed by atoms with van der Waals surface area (Å²) in [6, 6.07) is 7.56. The van der Waals surface area contributed by atoms with E-state index >= 15 is 0 Å². The summed E-state index contributed by atoms with van der Waals surface area (Å²) < 4.78 is 8.71. The molecule has 1 aliphatic rings. The molecule has 33 heavy (non-hydrogen) atoms. The van der Waals surface area contributed by atoms with Crippen LogP contribution in [-0.2, 0) is 13.6 Å². The Morgan fingerprint density at radius 1 is 1.21 bits per heavy atom. The molecule has 0 saturated carbocycles. The van der Waals surface area contributed by atoms with Crippen LogP contribution in [0.15, 0.2) is 33.9 Å². The number of piperazine rings is 1. The minimum Gasteiger partial charge on any atom is -0.491 e. The van der Waals surface area contributed by atoms with E-state index in [0.29, 0.717) is 31.3 Å². The standard InChI is InChI=1S/C22H30N6O5/c1-15-4-3-5-17(12-15)33-14-16(30)13-28-18-19(25(2)22(32)24-20(18)31)23-21(28)27-8-6-26(7-9-27)10-11-29/h3-5,12,16,29-30H,6-11,13-14H2,1-2H3,(H,24,31,32)/t16-/m0/s1. The number of nitrogens with one attached hydrogen (secondary N) is 1. The normalized spacial score (nSPS) is 15.8. The molecular weight excluding hydrogens is 428 g/mol. The molecule has 4 rings (SSSR count). The molecule has 0 bridgehead atoms. The smallest absolute Gasteiger partial charge is 0.329 e. The zero-order valence-electron chi connectivity index (χ0n) is 18.9. The van der Waals surface area contributed by atoms with Gasteiger partial charge in [0, 0.05) is 39.8 Å². The van der Waals surface area contributed by atoms with Crippen molar-refractivity contribution < 1.29 is 14.9 Å². The van der Waals surface area contributed by atoms with Crippen LogP contribution in [0.2, 0.25) is 0 Å². The van der Waals surface area contributed by atoms with Crippen LogP contribution < -0.4 is 20.9 Å². The lowest BCUT2D eigenvalue weighted by molar-refractivity contribution is 0.0934. The number of aliphatic hydroxyl groups excluding tert-OH is 2. The number of aliphatic hydroxyl groups is 2. The second-order valence-electron chi connectivity index (χ2n) is 8.35. The molecule has 3 heterocycles. The first kappa shape index (κ1) is 23.0. The van der Waals surface area contributed by atoms with Gasteiger partial charge in [0.05, 0.1) is 13.2 Å². The molecule has 11 heteroatoms. The number of aromatic nitrogens is 4. The van der Waals surface area contributed by atoms with Gasteiger partial charge in [0.1, 0.15) is 18.5 Å². The van der Waals surface area contributed by atoms with E-state index in [9.17, 15) is 19.8 Å². The fourth-order valence-corrected chi connectivity index (χ4v) is 4.11. The molecule has 1 saturated heterocycles. The van der Waals surface area contributed by atoms with Gasteiger partial charge < -0.3 is 24.4 Å². The van der Waals surface area contributed by atoms with Crippen molar-refractivity contribution in [2.45, 2.75) is 19.6 Å². The predicted octanol–water partition coefficient (Wildman–Crippen LogP) is -0.714. The molecular formula is C22H30N6O5. The number of nitrogens with zero attached hydrogens (tertiary/aromatic N) is 5. The summed E-state index contributed by atoms with van der Waals surface area (Å²) >= 11 is 0. The number of imidazole rings is 1. The van der Waals surface area contributed by atoms with Crippen LogP contribution >= 0.6 is 0 Å². The van der Waals surface area contributed by atoms with Crippen molar-refractivity contribution in [3.05, 3.63) is 50.7 Å². The van der Waals surface area contributed by atoms with Gasteiger partial charge >= 0.3 is 5.69 Å². The third kappa shape index (κ3) is 4.95. The van der Waals surface area contributed by atoms with Crippen molar-refractivity contribution in [3.63, 3.8) is 0 Å². The van der Waals surface area contributed by atoms with Crippen molar-refractivity contribution >= 4 is 17.1 Å². The van der Waals surface area contributed by atoms with Crippen LogP contribution in [0.5, 0.6) is 5.75 Å². The second kappa shape index (κ2) is 9.77. The summed E-state index contributed by atoms with van der Waals surface area (Å²) in [6.07, 6.45) is -0.908. The van der Waals surface area contributed by atoms with E-state index in [1.54, 1.807) is 11.6 Å². The minimum absolute atomic E-state index is 0.0382. The van der Waals surface area contributed by atoms with Gasteiger partial charge in [-0.15, -0.1) is 0 Å². The SMILES string of the molecule is Cc1cccc(OC[C@@H](O)Cn2c(N3CCN(CCO)CC3)nc3c2c(=O)[nH]c(=O)n3C)c1. The van der Waals surface area contributed by atoms with Crippen molar-refractivity contribution in [3.8, 4) is 5.75 Å². The van der Waals surface area contributed by atoms with Gasteiger partial charge in [0.15, 0.2) is 11.2 Å². The molecule has 1 aliphatic heterocycles. The second-order valence-corrected chi connectivity index (χ2v) is 8.35. The molecule has 0 amide bonds. The summed E-state index contributed by atoms with van der Waals surface area (Å²) in [6.45, 7) is 5.54. The highest BCUT2D eigenvalue weighted by atomic mass is 16.5. The summed E-state index contributed by atoms with van der Waals surface area (Å²) in [5, 5.41) is 19.9. The van der Waals surface area contributed by atoms with E-state index in [4.69, 9.17) is 4.74 Å². The Balaban J connectivity index is 1.62. The van der Waals surface area contributed by atoms with Crippen LogP contribution in [0, 0.1) is 6.92 Å². The Bertz CT molecular complexity index is 1220. The van der Waals surface area contributed by atoms with E-state index in [2.05, 4.69) is 14.9 Å². The fraction of sp³-hybridized carbons (Fsp3) is 0.500. The molecule has 1 fully saturated rings. The number of anilines is 1. The molecule has 11 nitrogen and oxygen atoms in total. The number of aryl methyl sites for hydroxylation is 2. The Morgan fingerprint density at radius 2 is 1.97 bits per heavy atom. The summed E-state index contributed by atoms with van der Waals surface area (Å²) in [4.78, 5) is 36.0. The van der Waals surface area contributed by atoms with Crippen LogP contribution in [0.25, 0.3) is 11.2 Å². The molecule has 178 valence electrons. The highest BCUT2D eigenvalue weighted by molar-refractivity contribution is 5.74. The maximum Gasteiger partial charge on any atom is 0.329 e. The van der Waals surface area contributed by atoms with Gasteiger partial charge in [-0.05, 0) is 24.6 Å². The van der Waals surface area contributed by atoms with Crippen molar-refractivity contribution in [1.29, 1.82) is 0 Å². The Hall–Kier alpha value is -3.15. The number of hydrogen-bond donors (Lipinski definition) is 3. The maximum absolute atomic E-state index is 12.7. The number of ether oxygens (including phenoxy) is 1. The first-order valence-electron chi connectivity index (χ1n) is 11.0. The van der Waals surface area contributed by atoms with E-state index in [1.165, 1.54) is 4.57 Å². The quantitative estimate of drug-likeness (QED) is 0.404. The average molecular weight is 459 g/mol. The number of aromatic amines is 1. The van der Waals surface area contributed by atoms with Gasteiger partial charge in [0.2, 0.25) is 5.95 Å². The first-order valence-corrected chi connectivity index (χ1v) is 11.0. The number of β-amino-alcohol motifs (C(OH)–C–C–N with tert-alkyl or cyclic N) is 1. The largest absolute Gasteiger partial charge is 0.491 e. The van der Waals surface area contributed by atoms with Gasteiger partial charge in [-0.2, -0.15) is 4.98 Å². The number of fused-ring (bicyclic) bond motifs is 1. The molecule has 2 aromatic heterocycles. The minimum atomic E-state index is -0.908. The van der Waals surface area contributed by atoms with Crippen LogP contribution in [0.3, 0.4) is 0 Å². The zero-order valence-corrected chi connectivity index (χ0v) is 18.9. The molecule has 0 unspecified atom stereocenters. The third-order valence-electron chi connectivity index (χ3n) is 5.88. The lowest BCUT2D eigenvalue weighted by Gasteiger charge is -2.35. The molecule has 0 radical (unpaired) electrons. The van der Waals surface area contributed by atoms with E-state index in [-0.39, 0.29) is 30.9 Å². The topological polar surface area (TPSA) is 129 Å². The monoisotopic (exact) mass is 458 g/mol. The van der Waals surface area contributed by atoms with Gasteiger partial charge in [-0.3, -0.25) is 19.2 Å². The maximum atomic E-state index is 12.7. The van der Waals surface area contributed by atoms with Crippen LogP contribution in [0.4, 0.5) is 5.95 Å². The Labute approximate surface area is 190 Å². The molecule has 3 N–H and O–H groups in total. The van der Waals surface area contributed by atoms with Crippen LogP contribution in [0.1, 0.15) is 5.56 Å². The van der Waals surface area contributed by atoms with Crippen molar-refractivity contribution in [2.24, 2.45) is 7.05 Å². The van der Waals surface area contributed by atoms with Crippen LogP contribution in [-0.4, -0.2) is 86.3 Å². The summed E-state index contributed by atoms with van der Waals surface area (Å²) in [5.41, 5.74) is 0.470. The summed E-state index contributed by atoms with van der Waals surface area (Å²) in [5.74, 6) is 1.18. The highest BCUT2D eigenvalue weighted by Crippen LogP contribution is 2.22. The lowest BCUT2D eigenvalue weighted by Crippen LogP contribution is -2.48. The summed E-state index contributed by atoms with van der Waals surface area (Å²) in [7, 11) is 1.55. The Morgan fingerprint density at radius 3 is 2.67 bits per heavy atom. The third-order valence-corrected chi connectivity index (χ3v) is 5.88. The predicted molar refractivity (Wildman–Crippen MR) is 124 cm³/mol. The zero-order chi connectivity index (χ0) is 23.5. The number of hydrogen-bond acceptors (Lipinski definition) is 8. The van der Waals surface area contributed by atoms with Gasteiger partial charge in [-0.25, -0.2) is 4.79 Å². The van der Waals surface area contributed by atoms with Crippen molar-refractivity contribution in [2.75, 3.05) is 50.8 Å². The van der Waals surface area contributed by atoms with E-state index in [0.717, 1.165) is 18.7 Å².